The number of hydrogen-bond donors (Lipinski definition) is 3. The standard InChI is InChI=1S/C20H34N4O4.HI/c1-5-21-20(24-15-19(25)22-12-13-26-3)23-11-7-8-16-9-10-17(27-4)18(14-16)28-6-2;/h9-10,14H,5-8,11-13,15H2,1-4H3,(H,22,25)(H2,21,23,24);1H. The van der Waals surface area contributed by atoms with E-state index in [2.05, 4.69) is 20.9 Å². The summed E-state index contributed by atoms with van der Waals surface area (Å²) in [5, 5.41) is 9.14. The first-order chi connectivity index (χ1) is 13.6. The van der Waals surface area contributed by atoms with E-state index in [1.807, 2.05) is 32.0 Å². The van der Waals surface area contributed by atoms with Crippen LogP contribution in [0.25, 0.3) is 0 Å². The average Bonchev–Trinajstić information content (AvgIpc) is 2.70. The molecule has 0 atom stereocenters. The minimum absolute atomic E-state index is 0. The average molecular weight is 522 g/mol. The second-order valence-electron chi connectivity index (χ2n) is 5.99. The number of aliphatic imine (C=N–C) groups is 1. The van der Waals surface area contributed by atoms with Crippen LogP contribution < -0.4 is 25.4 Å². The first-order valence-corrected chi connectivity index (χ1v) is 9.72. The molecule has 3 N–H and O–H groups in total. The van der Waals surface area contributed by atoms with Crippen LogP contribution in [-0.2, 0) is 16.0 Å². The third-order valence-electron chi connectivity index (χ3n) is 3.82. The van der Waals surface area contributed by atoms with Gasteiger partial charge in [0.25, 0.3) is 0 Å². The Hall–Kier alpha value is -1.75. The highest BCUT2D eigenvalue weighted by atomic mass is 127. The van der Waals surface area contributed by atoms with Crippen LogP contribution in [0.4, 0.5) is 0 Å². The minimum Gasteiger partial charge on any atom is -0.493 e. The zero-order valence-corrected chi connectivity index (χ0v) is 20.2. The lowest BCUT2D eigenvalue weighted by atomic mass is 10.1. The SMILES string of the molecule is CCNC(=NCC(=O)NCCOC)NCCCc1ccc(OC)c(OCC)c1.I. The van der Waals surface area contributed by atoms with E-state index >= 15 is 0 Å². The summed E-state index contributed by atoms with van der Waals surface area (Å²) in [6.45, 7) is 7.07. The summed E-state index contributed by atoms with van der Waals surface area (Å²) >= 11 is 0. The Balaban J connectivity index is 0.00000784. The molecular weight excluding hydrogens is 487 g/mol. The maximum absolute atomic E-state index is 11.7. The number of hydrogen-bond acceptors (Lipinski definition) is 5. The van der Waals surface area contributed by atoms with Gasteiger partial charge in [-0.3, -0.25) is 4.79 Å². The lowest BCUT2D eigenvalue weighted by Gasteiger charge is -2.13. The van der Waals surface area contributed by atoms with Crippen molar-refractivity contribution >= 4 is 35.8 Å². The van der Waals surface area contributed by atoms with E-state index in [1.165, 1.54) is 5.56 Å². The highest BCUT2D eigenvalue weighted by molar-refractivity contribution is 14.0. The Morgan fingerprint density at radius 3 is 2.52 bits per heavy atom. The van der Waals surface area contributed by atoms with Crippen LogP contribution in [-0.4, -0.2) is 65.5 Å². The lowest BCUT2D eigenvalue weighted by molar-refractivity contribution is -0.119. The molecule has 0 aliphatic heterocycles. The van der Waals surface area contributed by atoms with Gasteiger partial charge in [-0.2, -0.15) is 0 Å². The molecule has 0 radical (unpaired) electrons. The largest absolute Gasteiger partial charge is 0.493 e. The van der Waals surface area contributed by atoms with Crippen LogP contribution in [0.2, 0.25) is 0 Å². The number of amides is 1. The number of halogens is 1. The van der Waals surface area contributed by atoms with Crippen molar-refractivity contribution in [1.82, 2.24) is 16.0 Å². The highest BCUT2D eigenvalue weighted by Gasteiger charge is 2.06. The zero-order valence-electron chi connectivity index (χ0n) is 17.9. The van der Waals surface area contributed by atoms with Crippen molar-refractivity contribution in [3.05, 3.63) is 23.8 Å². The van der Waals surface area contributed by atoms with Crippen LogP contribution in [0, 0.1) is 0 Å². The van der Waals surface area contributed by atoms with Gasteiger partial charge in [0.2, 0.25) is 5.91 Å². The molecule has 1 amide bonds. The van der Waals surface area contributed by atoms with Crippen molar-refractivity contribution in [2.75, 3.05) is 53.6 Å². The zero-order chi connectivity index (χ0) is 20.6. The molecular formula is C20H35IN4O4. The smallest absolute Gasteiger partial charge is 0.241 e. The molecule has 0 heterocycles. The number of methoxy groups -OCH3 is 2. The second kappa shape index (κ2) is 17.1. The molecule has 0 saturated heterocycles. The summed E-state index contributed by atoms with van der Waals surface area (Å²) in [4.78, 5) is 16.0. The van der Waals surface area contributed by atoms with E-state index in [9.17, 15) is 4.79 Å². The third kappa shape index (κ3) is 11.7. The van der Waals surface area contributed by atoms with Crippen molar-refractivity contribution in [2.45, 2.75) is 26.7 Å². The predicted molar refractivity (Wildman–Crippen MR) is 127 cm³/mol. The summed E-state index contributed by atoms with van der Waals surface area (Å²) in [7, 11) is 3.24. The quantitative estimate of drug-likeness (QED) is 0.159. The van der Waals surface area contributed by atoms with E-state index in [0.717, 1.165) is 37.4 Å². The van der Waals surface area contributed by atoms with Gasteiger partial charge in [-0.15, -0.1) is 24.0 Å². The van der Waals surface area contributed by atoms with E-state index in [-0.39, 0.29) is 36.4 Å². The molecule has 166 valence electrons. The lowest BCUT2D eigenvalue weighted by Crippen LogP contribution is -2.39. The van der Waals surface area contributed by atoms with Gasteiger partial charge in [0, 0.05) is 26.7 Å². The molecule has 1 aromatic rings. The summed E-state index contributed by atoms with van der Waals surface area (Å²) in [5.41, 5.74) is 1.19. The maximum atomic E-state index is 11.7. The molecule has 0 unspecified atom stereocenters. The van der Waals surface area contributed by atoms with Crippen LogP contribution in [0.1, 0.15) is 25.8 Å². The topological polar surface area (TPSA) is 93.2 Å². The Bertz CT molecular complexity index is 614. The molecule has 8 nitrogen and oxygen atoms in total. The number of ether oxygens (including phenoxy) is 3. The fourth-order valence-corrected chi connectivity index (χ4v) is 2.49. The number of guanidine groups is 1. The van der Waals surface area contributed by atoms with Gasteiger partial charge in [0.15, 0.2) is 17.5 Å². The number of carbonyl (C=O) groups excluding carboxylic acids is 1. The van der Waals surface area contributed by atoms with Crippen molar-refractivity contribution in [3.63, 3.8) is 0 Å². The molecule has 1 rings (SSSR count). The van der Waals surface area contributed by atoms with E-state index < -0.39 is 0 Å². The highest BCUT2D eigenvalue weighted by Crippen LogP contribution is 2.28. The second-order valence-corrected chi connectivity index (χ2v) is 5.99. The molecule has 0 aromatic heterocycles. The van der Waals surface area contributed by atoms with E-state index in [1.54, 1.807) is 14.2 Å². The van der Waals surface area contributed by atoms with E-state index in [4.69, 9.17) is 14.2 Å². The van der Waals surface area contributed by atoms with E-state index in [0.29, 0.717) is 25.7 Å². The van der Waals surface area contributed by atoms with Gasteiger partial charge in [-0.25, -0.2) is 4.99 Å². The van der Waals surface area contributed by atoms with Crippen molar-refractivity contribution < 1.29 is 19.0 Å². The molecule has 1 aromatic carbocycles. The normalized spacial score (nSPS) is 10.7. The summed E-state index contributed by atoms with van der Waals surface area (Å²) in [6.07, 6.45) is 1.82. The molecule has 9 heteroatoms. The van der Waals surface area contributed by atoms with Gasteiger partial charge in [0.05, 0.1) is 20.3 Å². The molecule has 0 aliphatic carbocycles. The van der Waals surface area contributed by atoms with Crippen molar-refractivity contribution in [1.29, 1.82) is 0 Å². The van der Waals surface area contributed by atoms with Crippen LogP contribution in [0.15, 0.2) is 23.2 Å². The Morgan fingerprint density at radius 2 is 1.86 bits per heavy atom. The van der Waals surface area contributed by atoms with Gasteiger partial charge in [-0.1, -0.05) is 6.07 Å². The fourth-order valence-electron chi connectivity index (χ4n) is 2.49. The third-order valence-corrected chi connectivity index (χ3v) is 3.82. The summed E-state index contributed by atoms with van der Waals surface area (Å²) in [6, 6.07) is 6.00. The van der Waals surface area contributed by atoms with Gasteiger partial charge in [-0.05, 0) is 44.4 Å². The number of nitrogens with one attached hydrogen (secondary N) is 3. The molecule has 0 saturated carbocycles. The van der Waals surface area contributed by atoms with Gasteiger partial charge in [0.1, 0.15) is 6.54 Å². The number of rotatable bonds is 13. The van der Waals surface area contributed by atoms with Crippen LogP contribution >= 0.6 is 24.0 Å². The predicted octanol–water partition coefficient (Wildman–Crippen LogP) is 1.96. The Morgan fingerprint density at radius 1 is 1.07 bits per heavy atom. The first kappa shape index (κ1) is 27.2. The number of aryl methyl sites for hydroxylation is 1. The van der Waals surface area contributed by atoms with Crippen LogP contribution in [0.3, 0.4) is 0 Å². The Labute approximate surface area is 191 Å². The van der Waals surface area contributed by atoms with Crippen molar-refractivity contribution in [2.24, 2.45) is 4.99 Å². The summed E-state index contributed by atoms with van der Waals surface area (Å²) in [5.74, 6) is 2.02. The summed E-state index contributed by atoms with van der Waals surface area (Å²) < 4.78 is 15.8. The molecule has 29 heavy (non-hydrogen) atoms. The monoisotopic (exact) mass is 522 g/mol. The number of carbonyl (C=O) groups is 1. The van der Waals surface area contributed by atoms with Gasteiger partial charge >= 0.3 is 0 Å². The number of nitrogens with zero attached hydrogens (tertiary/aromatic N) is 1. The molecule has 0 fully saturated rings. The van der Waals surface area contributed by atoms with Crippen molar-refractivity contribution in [3.8, 4) is 11.5 Å². The fraction of sp³-hybridized carbons (Fsp3) is 0.600. The van der Waals surface area contributed by atoms with Crippen LogP contribution in [0.5, 0.6) is 11.5 Å². The number of benzene rings is 1. The molecule has 0 spiro atoms. The maximum Gasteiger partial charge on any atom is 0.241 e. The van der Waals surface area contributed by atoms with Gasteiger partial charge < -0.3 is 30.2 Å². The Kier molecular flexibility index (Phi) is 16.1. The molecule has 0 aliphatic rings. The minimum atomic E-state index is -0.129. The first-order valence-electron chi connectivity index (χ1n) is 9.72. The molecule has 0 bridgehead atoms.